The van der Waals surface area contributed by atoms with E-state index >= 15 is 0 Å². The predicted molar refractivity (Wildman–Crippen MR) is 94.2 cm³/mol. The molecule has 1 fully saturated rings. The van der Waals surface area contributed by atoms with E-state index in [1.54, 1.807) is 11.0 Å². The first-order valence-corrected chi connectivity index (χ1v) is 8.83. The average molecular weight is 343 g/mol. The highest BCUT2D eigenvalue weighted by molar-refractivity contribution is 5.73. The molecule has 2 amide bonds. The fraction of sp³-hybridized carbons (Fsp3) is 0.500. The molecule has 0 unspecified atom stereocenters. The molecule has 25 heavy (non-hydrogen) atoms. The highest BCUT2D eigenvalue weighted by Gasteiger charge is 2.28. The fourth-order valence-corrected chi connectivity index (χ4v) is 3.16. The first kappa shape index (κ1) is 17.4. The van der Waals surface area contributed by atoms with E-state index in [2.05, 4.69) is 20.7 Å². The Hall–Kier alpha value is -2.41. The van der Waals surface area contributed by atoms with E-state index in [0.717, 1.165) is 36.9 Å². The van der Waals surface area contributed by atoms with Gasteiger partial charge in [-0.2, -0.15) is 5.10 Å². The van der Waals surface area contributed by atoms with Crippen molar-refractivity contribution in [2.24, 2.45) is 0 Å². The molecular formula is C18H25N5O2. The Labute approximate surface area is 147 Å². The summed E-state index contributed by atoms with van der Waals surface area (Å²) in [4.78, 5) is 15.9. The molecule has 0 bridgehead atoms. The molecule has 134 valence electrons. The second kappa shape index (κ2) is 8.11. The van der Waals surface area contributed by atoms with Gasteiger partial charge in [0.15, 0.2) is 0 Å². The summed E-state index contributed by atoms with van der Waals surface area (Å²) in [5, 5.41) is 20.3. The summed E-state index contributed by atoms with van der Waals surface area (Å²) in [6, 6.07) is 7.49. The zero-order valence-electron chi connectivity index (χ0n) is 14.3. The van der Waals surface area contributed by atoms with Crippen LogP contribution in [0.1, 0.15) is 44.1 Å². The second-order valence-electron chi connectivity index (χ2n) is 6.68. The Morgan fingerprint density at radius 2 is 1.84 bits per heavy atom. The number of benzene rings is 1. The fourth-order valence-electron chi connectivity index (χ4n) is 3.16. The third-order valence-electron chi connectivity index (χ3n) is 4.68. The standard InChI is InChI=1S/C18H25N5O2/c24-17(21-12-18(25)9-3-1-2-4-10-18)20-11-15-5-7-16(8-6-15)23-14-19-13-22-23/h5-8,13-14,25H,1-4,9-12H2,(H2,20,21,24). The number of urea groups is 1. The Balaban J connectivity index is 1.44. The SMILES string of the molecule is O=C(NCc1ccc(-n2cncn2)cc1)NCC1(O)CCCCCC1. The van der Waals surface area contributed by atoms with E-state index in [1.165, 1.54) is 19.2 Å². The minimum Gasteiger partial charge on any atom is -0.388 e. The number of aromatic nitrogens is 3. The summed E-state index contributed by atoms with van der Waals surface area (Å²) in [6.07, 6.45) is 9.03. The summed E-state index contributed by atoms with van der Waals surface area (Å²) in [7, 11) is 0. The van der Waals surface area contributed by atoms with Gasteiger partial charge in [0, 0.05) is 13.1 Å². The van der Waals surface area contributed by atoms with Gasteiger partial charge in [0.25, 0.3) is 0 Å². The number of nitrogens with zero attached hydrogens (tertiary/aromatic N) is 3. The Morgan fingerprint density at radius 3 is 2.48 bits per heavy atom. The van der Waals surface area contributed by atoms with Crippen molar-refractivity contribution in [3.8, 4) is 5.69 Å². The van der Waals surface area contributed by atoms with E-state index in [1.807, 2.05) is 24.3 Å². The van der Waals surface area contributed by atoms with Gasteiger partial charge in [0.1, 0.15) is 12.7 Å². The minimum atomic E-state index is -0.757. The summed E-state index contributed by atoms with van der Waals surface area (Å²) in [5.74, 6) is 0. The van der Waals surface area contributed by atoms with Gasteiger partial charge < -0.3 is 15.7 Å². The molecule has 3 N–H and O–H groups in total. The molecule has 0 aliphatic heterocycles. The summed E-state index contributed by atoms with van der Waals surface area (Å²) >= 11 is 0. The van der Waals surface area contributed by atoms with Gasteiger partial charge in [-0.1, -0.05) is 37.8 Å². The van der Waals surface area contributed by atoms with Gasteiger partial charge in [0.2, 0.25) is 0 Å². The van der Waals surface area contributed by atoms with Crippen molar-refractivity contribution in [1.29, 1.82) is 0 Å². The van der Waals surface area contributed by atoms with Crippen LogP contribution in [-0.2, 0) is 6.54 Å². The minimum absolute atomic E-state index is 0.252. The number of hydrogen-bond acceptors (Lipinski definition) is 4. The Morgan fingerprint density at radius 1 is 1.12 bits per heavy atom. The largest absolute Gasteiger partial charge is 0.388 e. The van der Waals surface area contributed by atoms with Gasteiger partial charge in [0.05, 0.1) is 11.3 Å². The van der Waals surface area contributed by atoms with Crippen LogP contribution in [0.4, 0.5) is 4.79 Å². The van der Waals surface area contributed by atoms with E-state index in [0.29, 0.717) is 13.1 Å². The highest BCUT2D eigenvalue weighted by Crippen LogP contribution is 2.26. The maximum Gasteiger partial charge on any atom is 0.315 e. The normalized spacial score (nSPS) is 16.8. The van der Waals surface area contributed by atoms with Crippen molar-refractivity contribution in [2.75, 3.05) is 6.54 Å². The molecule has 7 heteroatoms. The molecule has 2 aromatic rings. The molecule has 0 saturated heterocycles. The van der Waals surface area contributed by atoms with Crippen LogP contribution in [0.15, 0.2) is 36.9 Å². The van der Waals surface area contributed by atoms with Gasteiger partial charge in [-0.15, -0.1) is 0 Å². The number of rotatable bonds is 5. The van der Waals surface area contributed by atoms with E-state index < -0.39 is 5.60 Å². The third kappa shape index (κ3) is 5.03. The van der Waals surface area contributed by atoms with Gasteiger partial charge in [-0.25, -0.2) is 14.5 Å². The molecule has 0 spiro atoms. The monoisotopic (exact) mass is 343 g/mol. The Kier molecular flexibility index (Phi) is 5.65. The van der Waals surface area contributed by atoms with Crippen LogP contribution in [0.2, 0.25) is 0 Å². The van der Waals surface area contributed by atoms with Crippen molar-refractivity contribution in [2.45, 2.75) is 50.7 Å². The quantitative estimate of drug-likeness (QED) is 0.725. The Bertz CT molecular complexity index is 661. The lowest BCUT2D eigenvalue weighted by Gasteiger charge is -2.26. The van der Waals surface area contributed by atoms with E-state index in [-0.39, 0.29) is 6.03 Å². The van der Waals surface area contributed by atoms with Crippen LogP contribution in [0.25, 0.3) is 5.69 Å². The van der Waals surface area contributed by atoms with Gasteiger partial charge in [-0.05, 0) is 30.5 Å². The zero-order valence-corrected chi connectivity index (χ0v) is 14.3. The number of carbonyl (C=O) groups excluding carboxylic acids is 1. The van der Waals surface area contributed by atoms with Crippen LogP contribution >= 0.6 is 0 Å². The topological polar surface area (TPSA) is 92.1 Å². The maximum absolute atomic E-state index is 12.0. The molecule has 3 rings (SSSR count). The zero-order chi connectivity index (χ0) is 17.5. The number of nitrogens with one attached hydrogen (secondary N) is 2. The predicted octanol–water partition coefficient (Wildman–Crippen LogP) is 2.15. The summed E-state index contributed by atoms with van der Waals surface area (Å²) < 4.78 is 1.68. The van der Waals surface area contributed by atoms with Crippen LogP contribution < -0.4 is 10.6 Å². The molecule has 1 aliphatic carbocycles. The lowest BCUT2D eigenvalue weighted by Crippen LogP contribution is -2.46. The number of hydrogen-bond donors (Lipinski definition) is 3. The number of amides is 2. The van der Waals surface area contributed by atoms with Crippen LogP contribution in [-0.4, -0.2) is 38.0 Å². The number of carbonyl (C=O) groups is 1. The average Bonchev–Trinajstić information content (AvgIpc) is 3.08. The van der Waals surface area contributed by atoms with Crippen LogP contribution in [0.5, 0.6) is 0 Å². The third-order valence-corrected chi connectivity index (χ3v) is 4.68. The first-order valence-electron chi connectivity index (χ1n) is 8.83. The molecule has 1 saturated carbocycles. The molecule has 0 radical (unpaired) electrons. The molecule has 1 heterocycles. The molecule has 1 aromatic heterocycles. The molecule has 7 nitrogen and oxygen atoms in total. The van der Waals surface area contributed by atoms with E-state index in [9.17, 15) is 9.90 Å². The molecule has 1 aliphatic rings. The molecule has 0 atom stereocenters. The lowest BCUT2D eigenvalue weighted by atomic mass is 9.95. The van der Waals surface area contributed by atoms with Crippen molar-refractivity contribution >= 4 is 6.03 Å². The molecular weight excluding hydrogens is 318 g/mol. The van der Waals surface area contributed by atoms with Crippen LogP contribution in [0, 0.1) is 0 Å². The number of aliphatic hydroxyl groups is 1. The summed E-state index contributed by atoms with van der Waals surface area (Å²) in [6.45, 7) is 0.742. The van der Waals surface area contributed by atoms with Crippen molar-refractivity contribution < 1.29 is 9.90 Å². The first-order chi connectivity index (χ1) is 12.1. The maximum atomic E-state index is 12.0. The van der Waals surface area contributed by atoms with Crippen molar-refractivity contribution in [1.82, 2.24) is 25.4 Å². The lowest BCUT2D eigenvalue weighted by molar-refractivity contribution is 0.0277. The van der Waals surface area contributed by atoms with E-state index in [4.69, 9.17) is 0 Å². The smallest absolute Gasteiger partial charge is 0.315 e. The summed E-state index contributed by atoms with van der Waals surface area (Å²) in [5.41, 5.74) is 1.15. The van der Waals surface area contributed by atoms with Crippen molar-refractivity contribution in [3.63, 3.8) is 0 Å². The van der Waals surface area contributed by atoms with Crippen LogP contribution in [0.3, 0.4) is 0 Å². The second-order valence-corrected chi connectivity index (χ2v) is 6.68. The van der Waals surface area contributed by atoms with Crippen molar-refractivity contribution in [3.05, 3.63) is 42.5 Å². The molecule has 1 aromatic carbocycles. The highest BCUT2D eigenvalue weighted by atomic mass is 16.3. The van der Waals surface area contributed by atoms with Gasteiger partial charge in [-0.3, -0.25) is 0 Å². The van der Waals surface area contributed by atoms with Gasteiger partial charge >= 0.3 is 6.03 Å².